The molecule has 0 saturated heterocycles. The van der Waals surface area contributed by atoms with E-state index in [1.807, 2.05) is 0 Å². The second-order valence-corrected chi connectivity index (χ2v) is 6.46. The van der Waals surface area contributed by atoms with Crippen LogP contribution in [-0.4, -0.2) is 11.9 Å². The molecule has 1 atom stereocenters. The van der Waals surface area contributed by atoms with E-state index in [0.29, 0.717) is 27.0 Å². The van der Waals surface area contributed by atoms with E-state index < -0.39 is 6.04 Å². The molecular weight excluding hydrogens is 361 g/mol. The Morgan fingerprint density at radius 3 is 2.48 bits per heavy atom. The first-order chi connectivity index (χ1) is 11.9. The minimum absolute atomic E-state index is 0.327. The molecule has 2 aromatic carbocycles. The molecule has 0 spiro atoms. The maximum atomic E-state index is 12.8. The first kappa shape index (κ1) is 17.3. The summed E-state index contributed by atoms with van der Waals surface area (Å²) in [7, 11) is 0. The third kappa shape index (κ3) is 3.95. The molecule has 0 radical (unpaired) electrons. The van der Waals surface area contributed by atoms with Gasteiger partial charge in [-0.25, -0.2) is 4.79 Å². The summed E-state index contributed by atoms with van der Waals surface area (Å²) in [5.41, 5.74) is 2.24. The van der Waals surface area contributed by atoms with Crippen LogP contribution in [0.4, 0.5) is 10.5 Å². The van der Waals surface area contributed by atoms with Crippen LogP contribution in [0.2, 0.25) is 10.0 Å². The number of benzene rings is 2. The van der Waals surface area contributed by atoms with Crippen molar-refractivity contribution in [3.63, 3.8) is 0 Å². The molecule has 1 aliphatic heterocycles. The third-order valence-corrected chi connectivity index (χ3v) is 4.29. The van der Waals surface area contributed by atoms with Gasteiger partial charge in [0.05, 0.1) is 11.6 Å². The summed E-state index contributed by atoms with van der Waals surface area (Å²) >= 11 is 11.9. The normalized spacial score (nSPS) is 16.9. The number of rotatable bonds is 3. The molecule has 3 N–H and O–H groups in total. The first-order valence-electron chi connectivity index (χ1n) is 7.54. The van der Waals surface area contributed by atoms with E-state index in [-0.39, 0.29) is 11.9 Å². The van der Waals surface area contributed by atoms with Gasteiger partial charge in [-0.3, -0.25) is 4.79 Å². The van der Waals surface area contributed by atoms with Gasteiger partial charge in [0.1, 0.15) is 0 Å². The number of allylic oxidation sites excluding steroid dienone is 1. The Bertz CT molecular complexity index is 863. The quantitative estimate of drug-likeness (QED) is 0.749. The van der Waals surface area contributed by atoms with Gasteiger partial charge < -0.3 is 16.0 Å². The van der Waals surface area contributed by atoms with Crippen LogP contribution in [0.3, 0.4) is 0 Å². The zero-order chi connectivity index (χ0) is 18.0. The lowest BCUT2D eigenvalue weighted by molar-refractivity contribution is -0.113. The number of halogens is 2. The molecule has 5 nitrogen and oxygen atoms in total. The maximum absolute atomic E-state index is 12.8. The van der Waals surface area contributed by atoms with Crippen LogP contribution in [0.25, 0.3) is 0 Å². The Labute approximate surface area is 155 Å². The lowest BCUT2D eigenvalue weighted by Crippen LogP contribution is -2.45. The molecule has 1 heterocycles. The van der Waals surface area contributed by atoms with Crippen LogP contribution < -0.4 is 16.0 Å². The van der Waals surface area contributed by atoms with E-state index in [9.17, 15) is 9.59 Å². The van der Waals surface area contributed by atoms with Crippen LogP contribution in [0, 0.1) is 0 Å². The Balaban J connectivity index is 1.94. The predicted octanol–water partition coefficient (Wildman–Crippen LogP) is 4.26. The summed E-state index contributed by atoms with van der Waals surface area (Å²) in [5, 5.41) is 9.32. The van der Waals surface area contributed by atoms with Crippen molar-refractivity contribution < 1.29 is 9.59 Å². The Morgan fingerprint density at radius 1 is 1.08 bits per heavy atom. The van der Waals surface area contributed by atoms with Crippen molar-refractivity contribution in [2.45, 2.75) is 13.0 Å². The first-order valence-corrected chi connectivity index (χ1v) is 8.30. The summed E-state index contributed by atoms with van der Waals surface area (Å²) in [6.07, 6.45) is 0. The number of carbonyl (C=O) groups excluding carboxylic acids is 2. The third-order valence-electron chi connectivity index (χ3n) is 3.80. The van der Waals surface area contributed by atoms with E-state index >= 15 is 0 Å². The van der Waals surface area contributed by atoms with Gasteiger partial charge in [0.2, 0.25) is 0 Å². The zero-order valence-electron chi connectivity index (χ0n) is 13.3. The predicted molar refractivity (Wildman–Crippen MR) is 98.6 cm³/mol. The highest BCUT2D eigenvalue weighted by Gasteiger charge is 2.31. The van der Waals surface area contributed by atoms with E-state index in [0.717, 1.165) is 5.56 Å². The number of carbonyl (C=O) groups is 2. The zero-order valence-corrected chi connectivity index (χ0v) is 14.8. The molecule has 0 bridgehead atoms. The average Bonchev–Trinajstić information content (AvgIpc) is 2.54. The fourth-order valence-electron chi connectivity index (χ4n) is 2.66. The fourth-order valence-corrected chi connectivity index (χ4v) is 2.98. The standard InChI is InChI=1S/C18H15Cl2N3O2/c1-10-15(17(24)22-14-4-2-3-13(20)9-14)16(23-18(25)21-10)11-5-7-12(19)8-6-11/h2-9,16H,1H3,(H,22,24)(H2,21,23,25)/t16-/m1/s1. The number of anilines is 1. The molecule has 0 aliphatic carbocycles. The van der Waals surface area contributed by atoms with Crippen molar-refractivity contribution >= 4 is 40.8 Å². The van der Waals surface area contributed by atoms with Gasteiger partial charge in [0.15, 0.2) is 0 Å². The number of amides is 3. The summed E-state index contributed by atoms with van der Waals surface area (Å²) in [6.45, 7) is 1.69. The van der Waals surface area contributed by atoms with E-state index in [1.54, 1.807) is 55.5 Å². The highest BCUT2D eigenvalue weighted by atomic mass is 35.5. The number of hydrogen-bond donors (Lipinski definition) is 3. The summed E-state index contributed by atoms with van der Waals surface area (Å²) in [5.74, 6) is -0.327. The molecule has 3 rings (SSSR count). The second-order valence-electron chi connectivity index (χ2n) is 5.59. The van der Waals surface area contributed by atoms with Gasteiger partial charge in [-0.15, -0.1) is 0 Å². The molecule has 2 aromatic rings. The number of hydrogen-bond acceptors (Lipinski definition) is 2. The van der Waals surface area contributed by atoms with Crippen LogP contribution in [0.15, 0.2) is 59.8 Å². The Hall–Kier alpha value is -2.50. The Morgan fingerprint density at radius 2 is 1.80 bits per heavy atom. The summed E-state index contributed by atoms with van der Waals surface area (Å²) in [6, 6.07) is 12.9. The van der Waals surface area contributed by atoms with Crippen molar-refractivity contribution in [2.24, 2.45) is 0 Å². The van der Waals surface area contributed by atoms with Crippen molar-refractivity contribution in [3.8, 4) is 0 Å². The van der Waals surface area contributed by atoms with Crippen LogP contribution in [0.5, 0.6) is 0 Å². The van der Waals surface area contributed by atoms with Gasteiger partial charge in [-0.2, -0.15) is 0 Å². The summed E-state index contributed by atoms with van der Waals surface area (Å²) < 4.78 is 0. The number of nitrogens with one attached hydrogen (secondary N) is 3. The monoisotopic (exact) mass is 375 g/mol. The van der Waals surface area contributed by atoms with Gasteiger partial charge in [0, 0.05) is 21.4 Å². The molecule has 0 saturated carbocycles. The fraction of sp³-hybridized carbons (Fsp3) is 0.111. The van der Waals surface area contributed by atoms with E-state index in [2.05, 4.69) is 16.0 Å². The average molecular weight is 376 g/mol. The van der Waals surface area contributed by atoms with Gasteiger partial charge in [-0.1, -0.05) is 41.4 Å². The molecule has 7 heteroatoms. The number of urea groups is 1. The lowest BCUT2D eigenvalue weighted by Gasteiger charge is -2.28. The topological polar surface area (TPSA) is 70.2 Å². The van der Waals surface area contributed by atoms with Crippen molar-refractivity contribution in [3.05, 3.63) is 75.4 Å². The van der Waals surface area contributed by atoms with E-state index in [1.165, 1.54) is 0 Å². The second kappa shape index (κ2) is 7.17. The van der Waals surface area contributed by atoms with Gasteiger partial charge in [0.25, 0.3) is 5.91 Å². The SMILES string of the molecule is CC1=C(C(=O)Nc2cccc(Cl)c2)[C@@H](c2ccc(Cl)cc2)NC(=O)N1. The highest BCUT2D eigenvalue weighted by Crippen LogP contribution is 2.28. The molecule has 0 unspecified atom stereocenters. The summed E-state index contributed by atoms with van der Waals surface area (Å²) in [4.78, 5) is 24.7. The van der Waals surface area contributed by atoms with Crippen molar-refractivity contribution in [1.82, 2.24) is 10.6 Å². The van der Waals surface area contributed by atoms with E-state index in [4.69, 9.17) is 23.2 Å². The molecule has 3 amide bonds. The van der Waals surface area contributed by atoms with Crippen LogP contribution >= 0.6 is 23.2 Å². The van der Waals surface area contributed by atoms with Gasteiger partial charge >= 0.3 is 6.03 Å². The molecule has 1 aliphatic rings. The minimum atomic E-state index is -0.579. The molecular formula is C18H15Cl2N3O2. The molecule has 0 aromatic heterocycles. The van der Waals surface area contributed by atoms with Crippen molar-refractivity contribution in [2.75, 3.05) is 5.32 Å². The molecule has 128 valence electrons. The van der Waals surface area contributed by atoms with Crippen LogP contribution in [-0.2, 0) is 4.79 Å². The minimum Gasteiger partial charge on any atom is -0.327 e. The lowest BCUT2D eigenvalue weighted by atomic mass is 9.95. The smallest absolute Gasteiger partial charge is 0.319 e. The Kier molecular flexibility index (Phi) is 4.97. The molecule has 0 fully saturated rings. The van der Waals surface area contributed by atoms with Crippen molar-refractivity contribution in [1.29, 1.82) is 0 Å². The highest BCUT2D eigenvalue weighted by molar-refractivity contribution is 6.31. The van der Waals surface area contributed by atoms with Crippen LogP contribution in [0.1, 0.15) is 18.5 Å². The largest absolute Gasteiger partial charge is 0.327 e. The van der Waals surface area contributed by atoms with Gasteiger partial charge in [-0.05, 0) is 42.8 Å². The molecule has 25 heavy (non-hydrogen) atoms. The maximum Gasteiger partial charge on any atom is 0.319 e.